The van der Waals surface area contributed by atoms with Crippen molar-refractivity contribution < 1.29 is 38.0 Å². The van der Waals surface area contributed by atoms with Crippen molar-refractivity contribution in [1.29, 1.82) is 0 Å². The van der Waals surface area contributed by atoms with E-state index in [0.29, 0.717) is 65.1 Å². The number of hydrogen-bond donors (Lipinski definition) is 1. The van der Waals surface area contributed by atoms with E-state index < -0.39 is 11.0 Å². The molecule has 0 bridgehead atoms. The summed E-state index contributed by atoms with van der Waals surface area (Å²) in [6.07, 6.45) is 2.80. The number of nitrogens with one attached hydrogen (secondary N) is 1. The van der Waals surface area contributed by atoms with E-state index in [-0.39, 0.29) is 17.6 Å². The van der Waals surface area contributed by atoms with Gasteiger partial charge < -0.3 is 33.7 Å². The van der Waals surface area contributed by atoms with E-state index in [9.17, 15) is 4.79 Å². The van der Waals surface area contributed by atoms with E-state index >= 15 is 4.79 Å². The maximum atomic E-state index is 15.2. The Morgan fingerprint density at radius 2 is 1.36 bits per heavy atom. The molecule has 2 aliphatic heterocycles. The van der Waals surface area contributed by atoms with Gasteiger partial charge in [0.05, 0.1) is 48.1 Å². The van der Waals surface area contributed by atoms with Crippen LogP contribution in [0.2, 0.25) is 0 Å². The maximum absolute atomic E-state index is 15.2. The number of para-hydroxylation sites is 1. The van der Waals surface area contributed by atoms with Gasteiger partial charge in [-0.15, -0.1) is 0 Å². The number of carbonyl (C=O) groups excluding carboxylic acids is 2. The fourth-order valence-electron chi connectivity index (χ4n) is 7.96. The van der Waals surface area contributed by atoms with Crippen LogP contribution in [0.3, 0.4) is 0 Å². The summed E-state index contributed by atoms with van der Waals surface area (Å²) in [6.45, 7) is 0.448. The Bertz CT molecular complexity index is 1670. The molecule has 3 atom stereocenters. The molecule has 3 aromatic rings. The average molecular weight is 615 g/mol. The second-order valence-corrected chi connectivity index (χ2v) is 11.5. The molecule has 10 nitrogen and oxygen atoms in total. The SMILES string of the molecule is COc1cc(/C=C2\CCC3(C2=O)C(c2cc(OC)c(OC)c(OC)c2)CN(C)C32C(=O)Nc3ccccc32)cc(OC)c1OC. The summed E-state index contributed by atoms with van der Waals surface area (Å²) < 4.78 is 33.7. The van der Waals surface area contributed by atoms with Gasteiger partial charge in [0.1, 0.15) is 5.54 Å². The molecule has 1 aliphatic carbocycles. The Labute approximate surface area is 262 Å². The normalized spacial score (nSPS) is 24.7. The smallest absolute Gasteiger partial charge is 0.250 e. The van der Waals surface area contributed by atoms with Crippen molar-refractivity contribution in [3.63, 3.8) is 0 Å². The highest BCUT2D eigenvalue weighted by Crippen LogP contribution is 2.68. The third-order valence-corrected chi connectivity index (χ3v) is 9.77. The number of Topliss-reactive ketones (excluding diaryl/α,β-unsaturated/α-hetero) is 1. The standard InChI is InChI=1S/C35H38N2O8/c1-37-19-24(22-17-28(42-4)31(45-7)29(18-22)43-5)34(35(37)23-10-8-9-11-25(23)36-33(35)39)13-12-21(32(34)38)14-20-15-26(40-2)30(44-6)27(16-20)41-3/h8-11,14-18,24H,12-13,19H2,1-7H3,(H,36,39)/b21-14+. The van der Waals surface area contributed by atoms with E-state index in [1.165, 1.54) is 0 Å². The van der Waals surface area contributed by atoms with Gasteiger partial charge in [-0.1, -0.05) is 18.2 Å². The number of allylic oxidation sites excluding steroid dienone is 1. The molecule has 45 heavy (non-hydrogen) atoms. The van der Waals surface area contributed by atoms with Crippen LogP contribution in [0.4, 0.5) is 5.69 Å². The van der Waals surface area contributed by atoms with Gasteiger partial charge in [0.15, 0.2) is 28.8 Å². The fourth-order valence-corrected chi connectivity index (χ4v) is 7.96. The summed E-state index contributed by atoms with van der Waals surface area (Å²) in [6, 6.07) is 15.1. The van der Waals surface area contributed by atoms with Gasteiger partial charge in [0, 0.05) is 23.7 Å². The number of likely N-dealkylation sites (tertiary alicyclic amines) is 1. The van der Waals surface area contributed by atoms with Gasteiger partial charge in [-0.05, 0) is 73.0 Å². The molecule has 236 valence electrons. The highest BCUT2D eigenvalue weighted by molar-refractivity contribution is 6.16. The van der Waals surface area contributed by atoms with Crippen molar-refractivity contribution in [2.24, 2.45) is 5.41 Å². The largest absolute Gasteiger partial charge is 0.493 e. The van der Waals surface area contributed by atoms with E-state index in [1.807, 2.05) is 66.6 Å². The summed E-state index contributed by atoms with van der Waals surface area (Å²) in [5.74, 6) is 2.21. The number of ketones is 1. The number of fused-ring (bicyclic) bond motifs is 3. The number of rotatable bonds is 8. The molecule has 6 rings (SSSR count). The van der Waals surface area contributed by atoms with Gasteiger partial charge in [-0.2, -0.15) is 0 Å². The van der Waals surface area contributed by atoms with Crippen LogP contribution in [0.1, 0.15) is 35.4 Å². The van der Waals surface area contributed by atoms with Crippen LogP contribution < -0.4 is 33.7 Å². The third kappa shape index (κ3) is 4.11. The Morgan fingerprint density at radius 3 is 1.91 bits per heavy atom. The van der Waals surface area contributed by atoms with E-state index in [2.05, 4.69) is 5.32 Å². The van der Waals surface area contributed by atoms with Crippen molar-refractivity contribution in [2.45, 2.75) is 24.3 Å². The second kappa shape index (κ2) is 11.3. The lowest BCUT2D eigenvalue weighted by molar-refractivity contribution is -0.141. The molecule has 2 fully saturated rings. The zero-order chi connectivity index (χ0) is 32.1. The second-order valence-electron chi connectivity index (χ2n) is 11.5. The summed E-state index contributed by atoms with van der Waals surface area (Å²) in [7, 11) is 11.3. The van der Waals surface area contributed by atoms with Crippen LogP contribution in [-0.2, 0) is 15.1 Å². The maximum Gasteiger partial charge on any atom is 0.250 e. The predicted octanol–water partition coefficient (Wildman–Crippen LogP) is 5.05. The number of benzene rings is 3. The molecule has 1 amide bonds. The number of amides is 1. The minimum absolute atomic E-state index is 0.0776. The van der Waals surface area contributed by atoms with Crippen molar-refractivity contribution in [2.75, 3.05) is 61.6 Å². The number of ether oxygens (including phenoxy) is 6. The van der Waals surface area contributed by atoms with Crippen LogP contribution in [0, 0.1) is 5.41 Å². The highest BCUT2D eigenvalue weighted by atomic mass is 16.5. The molecule has 1 saturated heterocycles. The lowest BCUT2D eigenvalue weighted by atomic mass is 9.59. The monoisotopic (exact) mass is 614 g/mol. The van der Waals surface area contributed by atoms with E-state index in [0.717, 1.165) is 16.7 Å². The number of carbonyl (C=O) groups is 2. The zero-order valence-corrected chi connectivity index (χ0v) is 26.6. The number of nitrogens with zero attached hydrogens (tertiary/aromatic N) is 1. The molecule has 1 N–H and O–H groups in total. The summed E-state index contributed by atoms with van der Waals surface area (Å²) in [4.78, 5) is 31.6. The minimum atomic E-state index is -1.24. The predicted molar refractivity (Wildman–Crippen MR) is 169 cm³/mol. The zero-order valence-electron chi connectivity index (χ0n) is 26.6. The molecule has 2 heterocycles. The average Bonchev–Trinajstić information content (AvgIpc) is 3.65. The topological polar surface area (TPSA) is 105 Å². The number of hydrogen-bond acceptors (Lipinski definition) is 9. The Kier molecular flexibility index (Phi) is 7.64. The Balaban J connectivity index is 1.58. The van der Waals surface area contributed by atoms with Crippen LogP contribution in [0.15, 0.2) is 54.1 Å². The highest BCUT2D eigenvalue weighted by Gasteiger charge is 2.74. The van der Waals surface area contributed by atoms with Gasteiger partial charge >= 0.3 is 0 Å². The van der Waals surface area contributed by atoms with E-state index in [1.54, 1.807) is 42.7 Å². The molecule has 1 saturated carbocycles. The molecule has 0 radical (unpaired) electrons. The molecule has 2 spiro atoms. The lowest BCUT2D eigenvalue weighted by Gasteiger charge is -2.43. The summed E-state index contributed by atoms with van der Waals surface area (Å²) in [5.41, 5.74) is 1.31. The Hall–Kier alpha value is -4.70. The van der Waals surface area contributed by atoms with Gasteiger partial charge in [0.2, 0.25) is 11.5 Å². The first-order valence-corrected chi connectivity index (χ1v) is 14.7. The molecule has 10 heteroatoms. The minimum Gasteiger partial charge on any atom is -0.493 e. The van der Waals surface area contributed by atoms with Crippen molar-refractivity contribution in [3.8, 4) is 34.5 Å². The van der Waals surface area contributed by atoms with Crippen molar-refractivity contribution >= 4 is 23.5 Å². The lowest BCUT2D eigenvalue weighted by Crippen LogP contribution is -2.57. The first kappa shape index (κ1) is 30.3. The molecule has 0 aromatic heterocycles. The summed E-state index contributed by atoms with van der Waals surface area (Å²) in [5, 5.41) is 3.11. The number of methoxy groups -OCH3 is 6. The van der Waals surface area contributed by atoms with Crippen molar-refractivity contribution in [3.05, 3.63) is 70.8 Å². The molecular formula is C35H38N2O8. The van der Waals surface area contributed by atoms with Gasteiger partial charge in [-0.3, -0.25) is 14.5 Å². The quantitative estimate of drug-likeness (QED) is 0.349. The van der Waals surface area contributed by atoms with Crippen molar-refractivity contribution in [1.82, 2.24) is 4.90 Å². The van der Waals surface area contributed by atoms with Gasteiger partial charge in [0.25, 0.3) is 5.91 Å². The first-order valence-electron chi connectivity index (χ1n) is 14.7. The number of anilines is 1. The Morgan fingerprint density at radius 1 is 0.800 bits per heavy atom. The van der Waals surface area contributed by atoms with E-state index in [4.69, 9.17) is 28.4 Å². The summed E-state index contributed by atoms with van der Waals surface area (Å²) >= 11 is 0. The van der Waals surface area contributed by atoms with Crippen LogP contribution >= 0.6 is 0 Å². The molecular weight excluding hydrogens is 576 g/mol. The molecule has 3 aliphatic rings. The van der Waals surface area contributed by atoms with Gasteiger partial charge in [-0.25, -0.2) is 0 Å². The molecule has 3 unspecified atom stereocenters. The third-order valence-electron chi connectivity index (χ3n) is 9.77. The molecule has 3 aromatic carbocycles. The van der Waals surface area contributed by atoms with Crippen LogP contribution in [0.25, 0.3) is 6.08 Å². The fraction of sp³-hybridized carbons (Fsp3) is 0.371. The first-order chi connectivity index (χ1) is 21.7. The number of likely N-dealkylation sites (N-methyl/N-ethyl adjacent to an activating group) is 1. The van der Waals surface area contributed by atoms with Crippen LogP contribution in [0.5, 0.6) is 34.5 Å². The van der Waals surface area contributed by atoms with Crippen LogP contribution in [-0.4, -0.2) is 72.8 Å².